The average molecular weight is 360 g/mol. The van der Waals surface area contributed by atoms with E-state index in [1.54, 1.807) is 24.7 Å². The molecule has 1 amide bonds. The van der Waals surface area contributed by atoms with Crippen molar-refractivity contribution in [3.63, 3.8) is 0 Å². The van der Waals surface area contributed by atoms with E-state index in [0.29, 0.717) is 28.5 Å². The fraction of sp³-hybridized carbons (Fsp3) is 0. The third kappa shape index (κ3) is 3.72. The predicted molar refractivity (Wildman–Crippen MR) is 97.3 cm³/mol. The van der Waals surface area contributed by atoms with Crippen molar-refractivity contribution in [3.8, 4) is 22.7 Å². The van der Waals surface area contributed by atoms with Gasteiger partial charge in [-0.3, -0.25) is 14.8 Å². The Labute approximate surface area is 153 Å². The van der Waals surface area contributed by atoms with E-state index in [2.05, 4.69) is 20.3 Å². The van der Waals surface area contributed by atoms with E-state index in [0.717, 1.165) is 5.56 Å². The average Bonchev–Trinajstić information content (AvgIpc) is 3.24. The van der Waals surface area contributed by atoms with Crippen LogP contribution in [0.1, 0.15) is 10.4 Å². The molecule has 27 heavy (non-hydrogen) atoms. The first kappa shape index (κ1) is 16.6. The molecule has 4 aromatic rings. The van der Waals surface area contributed by atoms with Gasteiger partial charge in [-0.25, -0.2) is 9.37 Å². The zero-order valence-electron chi connectivity index (χ0n) is 14.0. The van der Waals surface area contributed by atoms with Crippen LogP contribution in [0.2, 0.25) is 0 Å². The monoisotopic (exact) mass is 360 g/mol. The molecule has 3 aromatic heterocycles. The molecule has 0 aliphatic heterocycles. The van der Waals surface area contributed by atoms with E-state index >= 15 is 0 Å². The number of carbonyl (C=O) groups excluding carboxylic acids is 1. The Morgan fingerprint density at radius 2 is 1.81 bits per heavy atom. The van der Waals surface area contributed by atoms with Crippen LogP contribution in [-0.4, -0.2) is 20.9 Å². The van der Waals surface area contributed by atoms with E-state index < -0.39 is 5.82 Å². The van der Waals surface area contributed by atoms with Crippen LogP contribution in [0.4, 0.5) is 10.2 Å². The molecule has 0 radical (unpaired) electrons. The molecule has 4 rings (SSSR count). The lowest BCUT2D eigenvalue weighted by atomic mass is 10.1. The topological polar surface area (TPSA) is 80.9 Å². The zero-order chi connectivity index (χ0) is 18.6. The van der Waals surface area contributed by atoms with Gasteiger partial charge in [-0.2, -0.15) is 0 Å². The Morgan fingerprint density at radius 1 is 0.963 bits per heavy atom. The maximum absolute atomic E-state index is 12.9. The molecule has 6 nitrogen and oxygen atoms in total. The number of anilines is 1. The summed E-state index contributed by atoms with van der Waals surface area (Å²) in [6, 6.07) is 12.5. The molecular weight excluding hydrogens is 347 g/mol. The van der Waals surface area contributed by atoms with E-state index in [9.17, 15) is 9.18 Å². The summed E-state index contributed by atoms with van der Waals surface area (Å²) in [4.78, 5) is 25.0. The smallest absolute Gasteiger partial charge is 0.256 e. The molecule has 132 valence electrons. The summed E-state index contributed by atoms with van der Waals surface area (Å²) in [5.41, 5.74) is 2.47. The van der Waals surface area contributed by atoms with Crippen LogP contribution in [0.15, 0.2) is 77.8 Å². The van der Waals surface area contributed by atoms with E-state index in [1.165, 1.54) is 30.5 Å². The minimum absolute atomic E-state index is 0.299. The zero-order valence-corrected chi connectivity index (χ0v) is 14.0. The lowest BCUT2D eigenvalue weighted by molar-refractivity contribution is 0.102. The summed E-state index contributed by atoms with van der Waals surface area (Å²) in [6.45, 7) is 0. The number of hydrogen-bond donors (Lipinski definition) is 1. The number of furan rings is 1. The fourth-order valence-corrected chi connectivity index (χ4v) is 2.48. The van der Waals surface area contributed by atoms with Gasteiger partial charge >= 0.3 is 0 Å². The molecule has 1 aromatic carbocycles. The van der Waals surface area contributed by atoms with Crippen LogP contribution < -0.4 is 5.32 Å². The van der Waals surface area contributed by atoms with E-state index in [1.807, 2.05) is 18.2 Å². The van der Waals surface area contributed by atoms with Gasteiger partial charge in [0.25, 0.3) is 5.91 Å². The van der Waals surface area contributed by atoms with Gasteiger partial charge in [0.2, 0.25) is 0 Å². The molecule has 0 unspecified atom stereocenters. The van der Waals surface area contributed by atoms with Crippen molar-refractivity contribution >= 4 is 11.7 Å². The maximum atomic E-state index is 12.9. The molecule has 0 fully saturated rings. The van der Waals surface area contributed by atoms with Crippen LogP contribution in [0.3, 0.4) is 0 Å². The van der Waals surface area contributed by atoms with Gasteiger partial charge in [-0.1, -0.05) is 0 Å². The van der Waals surface area contributed by atoms with Crippen molar-refractivity contribution in [1.29, 1.82) is 0 Å². The number of halogens is 1. The highest BCUT2D eigenvalue weighted by Gasteiger charge is 2.09. The van der Waals surface area contributed by atoms with Gasteiger partial charge in [-0.05, 0) is 48.5 Å². The van der Waals surface area contributed by atoms with Crippen molar-refractivity contribution < 1.29 is 13.6 Å². The second kappa shape index (κ2) is 7.17. The van der Waals surface area contributed by atoms with Crippen molar-refractivity contribution in [1.82, 2.24) is 15.0 Å². The van der Waals surface area contributed by atoms with Crippen molar-refractivity contribution in [2.75, 3.05) is 5.32 Å². The van der Waals surface area contributed by atoms with Crippen molar-refractivity contribution in [2.24, 2.45) is 0 Å². The number of benzene rings is 1. The van der Waals surface area contributed by atoms with Gasteiger partial charge in [-0.15, -0.1) is 0 Å². The highest BCUT2D eigenvalue weighted by Crippen LogP contribution is 2.23. The molecule has 0 atom stereocenters. The quantitative estimate of drug-likeness (QED) is 0.590. The first-order valence-corrected chi connectivity index (χ1v) is 8.08. The molecule has 0 saturated heterocycles. The molecule has 0 aliphatic carbocycles. The van der Waals surface area contributed by atoms with Crippen LogP contribution in [0.5, 0.6) is 0 Å². The number of rotatable bonds is 4. The summed E-state index contributed by atoms with van der Waals surface area (Å²) in [5.74, 6) is 0.171. The fourth-order valence-electron chi connectivity index (χ4n) is 2.48. The maximum Gasteiger partial charge on any atom is 0.256 e. The van der Waals surface area contributed by atoms with Gasteiger partial charge in [0, 0.05) is 17.3 Å². The van der Waals surface area contributed by atoms with Crippen molar-refractivity contribution in [3.05, 3.63) is 84.8 Å². The second-order valence-electron chi connectivity index (χ2n) is 5.65. The summed E-state index contributed by atoms with van der Waals surface area (Å²) in [7, 11) is 0. The number of hydrogen-bond acceptors (Lipinski definition) is 5. The standard InChI is InChI=1S/C20H13FN4O2/c21-15-5-3-13(4-6-15)20(26)25-19-12-23-17(11-24-19)14-7-8-22-16(10-14)18-2-1-9-27-18/h1-12H,(H,24,25,26). The molecule has 7 heteroatoms. The Hall–Kier alpha value is -3.87. The molecule has 0 aliphatic rings. The van der Waals surface area contributed by atoms with Crippen LogP contribution in [0, 0.1) is 5.82 Å². The molecule has 0 saturated carbocycles. The summed E-state index contributed by atoms with van der Waals surface area (Å²) >= 11 is 0. The molecule has 3 heterocycles. The number of carbonyl (C=O) groups is 1. The van der Waals surface area contributed by atoms with Crippen LogP contribution in [0.25, 0.3) is 22.7 Å². The first-order chi connectivity index (χ1) is 13.2. The Morgan fingerprint density at radius 3 is 2.52 bits per heavy atom. The third-order valence-corrected chi connectivity index (χ3v) is 3.83. The van der Waals surface area contributed by atoms with Gasteiger partial charge in [0.05, 0.1) is 24.4 Å². The highest BCUT2D eigenvalue weighted by atomic mass is 19.1. The second-order valence-corrected chi connectivity index (χ2v) is 5.65. The van der Waals surface area contributed by atoms with E-state index in [-0.39, 0.29) is 5.91 Å². The Balaban J connectivity index is 1.51. The van der Waals surface area contributed by atoms with Gasteiger partial charge in [0.15, 0.2) is 11.6 Å². The first-order valence-electron chi connectivity index (χ1n) is 8.08. The normalized spacial score (nSPS) is 10.6. The Bertz CT molecular complexity index is 1060. The van der Waals surface area contributed by atoms with Crippen molar-refractivity contribution in [2.45, 2.75) is 0 Å². The molecule has 0 spiro atoms. The lowest BCUT2D eigenvalue weighted by Gasteiger charge is -2.06. The number of amides is 1. The molecule has 0 bridgehead atoms. The molecular formula is C20H13FN4O2. The third-order valence-electron chi connectivity index (χ3n) is 3.83. The minimum atomic E-state index is -0.401. The summed E-state index contributed by atoms with van der Waals surface area (Å²) in [6.07, 6.45) is 6.27. The van der Waals surface area contributed by atoms with Crippen LogP contribution >= 0.6 is 0 Å². The van der Waals surface area contributed by atoms with Crippen LogP contribution in [-0.2, 0) is 0 Å². The number of aromatic nitrogens is 3. The molecule has 1 N–H and O–H groups in total. The largest absolute Gasteiger partial charge is 0.463 e. The highest BCUT2D eigenvalue weighted by molar-refractivity contribution is 6.03. The lowest BCUT2D eigenvalue weighted by Crippen LogP contribution is -2.13. The number of pyridine rings is 1. The predicted octanol–water partition coefficient (Wildman–Crippen LogP) is 4.19. The summed E-state index contributed by atoms with van der Waals surface area (Å²) < 4.78 is 18.3. The minimum Gasteiger partial charge on any atom is -0.463 e. The Kier molecular flexibility index (Phi) is 4.40. The summed E-state index contributed by atoms with van der Waals surface area (Å²) in [5, 5.41) is 2.63. The SMILES string of the molecule is O=C(Nc1cnc(-c2ccnc(-c3ccco3)c2)cn1)c1ccc(F)cc1. The number of nitrogens with zero attached hydrogens (tertiary/aromatic N) is 3. The number of nitrogens with one attached hydrogen (secondary N) is 1. The van der Waals surface area contributed by atoms with E-state index in [4.69, 9.17) is 4.42 Å². The van der Waals surface area contributed by atoms with Gasteiger partial charge in [0.1, 0.15) is 11.5 Å². The van der Waals surface area contributed by atoms with Gasteiger partial charge < -0.3 is 9.73 Å².